The number of urea groups is 1. The van der Waals surface area contributed by atoms with Gasteiger partial charge in [-0.15, -0.1) is 5.10 Å². The lowest BCUT2D eigenvalue weighted by atomic mass is 10.1. The van der Waals surface area contributed by atoms with Crippen molar-refractivity contribution in [2.24, 2.45) is 0 Å². The zero-order chi connectivity index (χ0) is 19.3. The van der Waals surface area contributed by atoms with Crippen molar-refractivity contribution in [1.29, 1.82) is 0 Å². The Hall–Kier alpha value is -3.22. The van der Waals surface area contributed by atoms with Crippen molar-refractivity contribution in [2.75, 3.05) is 5.32 Å². The summed E-state index contributed by atoms with van der Waals surface area (Å²) >= 11 is 0. The molecule has 1 fully saturated rings. The van der Waals surface area contributed by atoms with Crippen molar-refractivity contribution in [3.8, 4) is 11.4 Å². The van der Waals surface area contributed by atoms with Crippen LogP contribution in [-0.2, 0) is 6.42 Å². The number of carbonyl (C=O) groups excluding carboxylic acids is 1. The van der Waals surface area contributed by atoms with Crippen molar-refractivity contribution in [2.45, 2.75) is 44.7 Å². The second-order valence-corrected chi connectivity index (χ2v) is 7.28. The molecule has 3 aromatic rings. The SMILES string of the molecule is C[C@H](CCc1ccccc1)NC(=O)Nc1ccc(-c2nnnn2C2CC2)cc1. The molecule has 1 atom stereocenters. The Labute approximate surface area is 164 Å². The summed E-state index contributed by atoms with van der Waals surface area (Å²) in [6.07, 6.45) is 4.08. The summed E-state index contributed by atoms with van der Waals surface area (Å²) in [6, 6.07) is 18.2. The number of aromatic nitrogens is 4. The molecule has 0 radical (unpaired) electrons. The van der Waals surface area contributed by atoms with E-state index in [1.165, 1.54) is 5.56 Å². The first-order valence-electron chi connectivity index (χ1n) is 9.69. The Bertz CT molecular complexity index is 918. The maximum absolute atomic E-state index is 12.2. The second kappa shape index (κ2) is 8.21. The van der Waals surface area contributed by atoms with E-state index in [1.807, 2.05) is 54.1 Å². The fourth-order valence-electron chi connectivity index (χ4n) is 3.14. The van der Waals surface area contributed by atoms with Crippen LogP contribution in [0.25, 0.3) is 11.4 Å². The highest BCUT2D eigenvalue weighted by atomic mass is 16.2. The Morgan fingerprint density at radius 3 is 2.61 bits per heavy atom. The number of hydrogen-bond donors (Lipinski definition) is 2. The van der Waals surface area contributed by atoms with Crippen LogP contribution in [-0.4, -0.2) is 32.3 Å². The van der Waals surface area contributed by atoms with E-state index < -0.39 is 0 Å². The van der Waals surface area contributed by atoms with Crippen molar-refractivity contribution in [1.82, 2.24) is 25.5 Å². The van der Waals surface area contributed by atoms with Crippen LogP contribution in [0.5, 0.6) is 0 Å². The van der Waals surface area contributed by atoms with E-state index in [2.05, 4.69) is 38.3 Å². The molecule has 1 saturated carbocycles. The smallest absolute Gasteiger partial charge is 0.319 e. The first kappa shape index (κ1) is 18.2. The standard InChI is InChI=1S/C21H24N6O/c1-15(7-8-16-5-3-2-4-6-16)22-21(28)23-18-11-9-17(10-12-18)20-24-25-26-27(20)19-13-14-19/h2-6,9-12,15,19H,7-8,13-14H2,1H3,(H2,22,23,28)/t15-/m1/s1. The molecule has 2 aromatic carbocycles. The molecule has 0 bridgehead atoms. The molecule has 28 heavy (non-hydrogen) atoms. The van der Waals surface area contributed by atoms with E-state index in [9.17, 15) is 4.79 Å². The van der Waals surface area contributed by atoms with Gasteiger partial charge in [0, 0.05) is 17.3 Å². The molecule has 0 aliphatic heterocycles. The predicted molar refractivity (Wildman–Crippen MR) is 108 cm³/mol. The predicted octanol–water partition coefficient (Wildman–Crippen LogP) is 3.82. The lowest BCUT2D eigenvalue weighted by Gasteiger charge is -2.15. The Morgan fingerprint density at radius 1 is 1.14 bits per heavy atom. The molecule has 4 rings (SSSR count). The van der Waals surface area contributed by atoms with Crippen molar-refractivity contribution in [3.05, 3.63) is 60.2 Å². The van der Waals surface area contributed by atoms with Gasteiger partial charge in [-0.3, -0.25) is 0 Å². The number of benzene rings is 2. The number of nitrogens with zero attached hydrogens (tertiary/aromatic N) is 4. The lowest BCUT2D eigenvalue weighted by Crippen LogP contribution is -2.36. The summed E-state index contributed by atoms with van der Waals surface area (Å²) in [6.45, 7) is 2.02. The number of aryl methyl sites for hydroxylation is 1. The summed E-state index contributed by atoms with van der Waals surface area (Å²) < 4.78 is 1.88. The minimum atomic E-state index is -0.198. The molecular formula is C21H24N6O. The van der Waals surface area contributed by atoms with E-state index >= 15 is 0 Å². The van der Waals surface area contributed by atoms with Crippen LogP contribution < -0.4 is 10.6 Å². The topological polar surface area (TPSA) is 84.7 Å². The zero-order valence-corrected chi connectivity index (χ0v) is 15.9. The third kappa shape index (κ3) is 4.54. The molecule has 2 amide bonds. The maximum Gasteiger partial charge on any atom is 0.319 e. The number of amides is 2. The Balaban J connectivity index is 1.29. The average Bonchev–Trinajstić information content (AvgIpc) is 3.44. The molecule has 7 nitrogen and oxygen atoms in total. The Kier molecular flexibility index (Phi) is 5.32. The minimum Gasteiger partial charge on any atom is -0.335 e. The fourth-order valence-corrected chi connectivity index (χ4v) is 3.14. The molecule has 144 valence electrons. The number of nitrogens with one attached hydrogen (secondary N) is 2. The van der Waals surface area contributed by atoms with Crippen LogP contribution in [0.1, 0.15) is 37.8 Å². The number of tetrazole rings is 1. The number of anilines is 1. The molecule has 0 unspecified atom stereocenters. The highest BCUT2D eigenvalue weighted by Gasteiger charge is 2.28. The first-order chi connectivity index (χ1) is 13.7. The zero-order valence-electron chi connectivity index (χ0n) is 15.9. The highest BCUT2D eigenvalue weighted by Crippen LogP contribution is 2.36. The third-order valence-electron chi connectivity index (χ3n) is 4.87. The summed E-state index contributed by atoms with van der Waals surface area (Å²) in [5.41, 5.74) is 2.96. The van der Waals surface area contributed by atoms with E-state index in [1.54, 1.807) is 0 Å². The summed E-state index contributed by atoms with van der Waals surface area (Å²) in [5.74, 6) is 0.771. The summed E-state index contributed by atoms with van der Waals surface area (Å²) in [4.78, 5) is 12.2. The van der Waals surface area contributed by atoms with Gasteiger partial charge in [-0.05, 0) is 72.9 Å². The largest absolute Gasteiger partial charge is 0.335 e. The molecule has 2 N–H and O–H groups in total. The van der Waals surface area contributed by atoms with Crippen molar-refractivity contribution >= 4 is 11.7 Å². The van der Waals surface area contributed by atoms with Crippen LogP contribution in [0.3, 0.4) is 0 Å². The Morgan fingerprint density at radius 2 is 1.89 bits per heavy atom. The van der Waals surface area contributed by atoms with Crippen LogP contribution >= 0.6 is 0 Å². The number of carbonyl (C=O) groups is 1. The molecule has 1 aliphatic carbocycles. The summed E-state index contributed by atoms with van der Waals surface area (Å²) in [5, 5.41) is 17.9. The van der Waals surface area contributed by atoms with Gasteiger partial charge in [-0.1, -0.05) is 30.3 Å². The molecule has 7 heteroatoms. The van der Waals surface area contributed by atoms with E-state index in [4.69, 9.17) is 0 Å². The molecular weight excluding hydrogens is 352 g/mol. The van der Waals surface area contributed by atoms with Gasteiger partial charge in [0.05, 0.1) is 6.04 Å². The van der Waals surface area contributed by atoms with E-state index in [-0.39, 0.29) is 12.1 Å². The molecule has 1 heterocycles. The third-order valence-corrected chi connectivity index (χ3v) is 4.87. The van der Waals surface area contributed by atoms with Gasteiger partial charge >= 0.3 is 6.03 Å². The quantitative estimate of drug-likeness (QED) is 0.656. The molecule has 1 aliphatic rings. The van der Waals surface area contributed by atoms with Gasteiger partial charge in [0.25, 0.3) is 0 Å². The van der Waals surface area contributed by atoms with Crippen LogP contribution in [0.15, 0.2) is 54.6 Å². The molecule has 1 aromatic heterocycles. The highest BCUT2D eigenvalue weighted by molar-refractivity contribution is 5.89. The first-order valence-corrected chi connectivity index (χ1v) is 9.69. The van der Waals surface area contributed by atoms with Gasteiger partial charge in [-0.25, -0.2) is 9.48 Å². The average molecular weight is 376 g/mol. The number of rotatable bonds is 7. The van der Waals surface area contributed by atoms with E-state index in [0.717, 1.165) is 42.8 Å². The molecule has 0 saturated heterocycles. The van der Waals surface area contributed by atoms with Gasteiger partial charge in [-0.2, -0.15) is 0 Å². The summed E-state index contributed by atoms with van der Waals surface area (Å²) in [7, 11) is 0. The molecule has 0 spiro atoms. The normalized spacial score (nSPS) is 14.5. The number of hydrogen-bond acceptors (Lipinski definition) is 4. The van der Waals surface area contributed by atoms with Gasteiger partial charge < -0.3 is 10.6 Å². The van der Waals surface area contributed by atoms with Gasteiger partial charge in [0.1, 0.15) is 0 Å². The fraction of sp³-hybridized carbons (Fsp3) is 0.333. The van der Waals surface area contributed by atoms with Crippen LogP contribution in [0, 0.1) is 0 Å². The van der Waals surface area contributed by atoms with Crippen LogP contribution in [0.2, 0.25) is 0 Å². The second-order valence-electron chi connectivity index (χ2n) is 7.28. The van der Waals surface area contributed by atoms with Crippen molar-refractivity contribution < 1.29 is 4.79 Å². The van der Waals surface area contributed by atoms with Crippen LogP contribution in [0.4, 0.5) is 10.5 Å². The van der Waals surface area contributed by atoms with Gasteiger partial charge in [0.15, 0.2) is 5.82 Å². The lowest BCUT2D eigenvalue weighted by molar-refractivity contribution is 0.248. The minimum absolute atomic E-state index is 0.0858. The monoisotopic (exact) mass is 376 g/mol. The maximum atomic E-state index is 12.2. The van der Waals surface area contributed by atoms with Gasteiger partial charge in [0.2, 0.25) is 0 Å². The van der Waals surface area contributed by atoms with E-state index in [0.29, 0.717) is 6.04 Å². The van der Waals surface area contributed by atoms with Crippen molar-refractivity contribution in [3.63, 3.8) is 0 Å².